The van der Waals surface area contributed by atoms with Crippen LogP contribution in [0.2, 0.25) is 0 Å². The Morgan fingerprint density at radius 1 is 1.38 bits per heavy atom. The lowest BCUT2D eigenvalue weighted by atomic mass is 10.1. The van der Waals surface area contributed by atoms with Gasteiger partial charge in [0.25, 0.3) is 0 Å². The van der Waals surface area contributed by atoms with Gasteiger partial charge in [-0.15, -0.1) is 0 Å². The molecule has 0 unspecified atom stereocenters. The second-order valence-corrected chi connectivity index (χ2v) is 3.14. The fraction of sp³-hybridized carbons (Fsp3) is 0.300. The zero-order chi connectivity index (χ0) is 9.68. The number of hydrogen-bond acceptors (Lipinski definition) is 2. The number of aryl methyl sites for hydroxylation is 1. The van der Waals surface area contributed by atoms with Gasteiger partial charge < -0.3 is 0 Å². The van der Waals surface area contributed by atoms with Crippen LogP contribution in [0.4, 0.5) is 0 Å². The molecular weight excluding hydrogens is 182 g/mol. The van der Waals surface area contributed by atoms with E-state index >= 15 is 0 Å². The molecule has 2 nitrogen and oxygen atoms in total. The normalized spacial score (nSPS) is 9.69. The van der Waals surface area contributed by atoms with Crippen molar-refractivity contribution >= 4 is 17.2 Å². The predicted octanol–water partition coefficient (Wildman–Crippen LogP) is 2.21. The summed E-state index contributed by atoms with van der Waals surface area (Å²) in [5, 5.41) is 0. The van der Waals surface area contributed by atoms with Gasteiger partial charge in [-0.25, -0.2) is 0 Å². The standard InChI is InChI=1S/C10H13NOS/c1-3-12-11-10(13)9-6-4-8(2)5-7-9/h4-7H,3H2,1-2H3,(H,11,13). The highest BCUT2D eigenvalue weighted by atomic mass is 32.1. The van der Waals surface area contributed by atoms with Crippen LogP contribution in [0.5, 0.6) is 0 Å². The average molecular weight is 195 g/mol. The van der Waals surface area contributed by atoms with E-state index in [9.17, 15) is 0 Å². The molecule has 0 aliphatic carbocycles. The van der Waals surface area contributed by atoms with Gasteiger partial charge in [-0.1, -0.05) is 42.0 Å². The lowest BCUT2D eigenvalue weighted by Gasteiger charge is -2.06. The number of nitrogens with one attached hydrogen (secondary N) is 1. The van der Waals surface area contributed by atoms with E-state index in [0.29, 0.717) is 11.6 Å². The molecule has 0 fully saturated rings. The van der Waals surface area contributed by atoms with E-state index in [0.717, 1.165) is 5.56 Å². The molecule has 1 aromatic carbocycles. The van der Waals surface area contributed by atoms with E-state index in [1.54, 1.807) is 0 Å². The van der Waals surface area contributed by atoms with Gasteiger partial charge in [0.05, 0.1) is 6.61 Å². The SMILES string of the molecule is CCONC(=S)c1ccc(C)cc1. The molecule has 0 aliphatic rings. The molecule has 0 saturated carbocycles. The van der Waals surface area contributed by atoms with Crippen molar-refractivity contribution in [3.05, 3.63) is 35.4 Å². The molecule has 0 bridgehead atoms. The van der Waals surface area contributed by atoms with Gasteiger partial charge in [0.1, 0.15) is 4.99 Å². The van der Waals surface area contributed by atoms with Gasteiger partial charge >= 0.3 is 0 Å². The molecule has 3 heteroatoms. The lowest BCUT2D eigenvalue weighted by molar-refractivity contribution is 0.0990. The molecule has 1 aromatic rings. The Kier molecular flexibility index (Phi) is 3.86. The average Bonchev–Trinajstić information content (AvgIpc) is 2.15. The number of thiocarbonyl (C=S) groups is 1. The lowest BCUT2D eigenvalue weighted by Crippen LogP contribution is -2.22. The first-order valence-corrected chi connectivity index (χ1v) is 4.63. The molecule has 0 heterocycles. The largest absolute Gasteiger partial charge is 0.276 e. The van der Waals surface area contributed by atoms with Crippen molar-refractivity contribution in [1.29, 1.82) is 0 Å². The maximum Gasteiger partial charge on any atom is 0.130 e. The fourth-order valence-corrected chi connectivity index (χ4v) is 1.10. The fourth-order valence-electron chi connectivity index (χ4n) is 0.902. The first-order valence-electron chi connectivity index (χ1n) is 4.23. The molecule has 0 spiro atoms. The molecule has 0 atom stereocenters. The van der Waals surface area contributed by atoms with E-state index in [1.165, 1.54) is 5.56 Å². The van der Waals surface area contributed by atoms with Crippen molar-refractivity contribution < 1.29 is 4.84 Å². The van der Waals surface area contributed by atoms with Crippen LogP contribution >= 0.6 is 12.2 Å². The van der Waals surface area contributed by atoms with Crippen LogP contribution in [0.1, 0.15) is 18.1 Å². The second-order valence-electron chi connectivity index (χ2n) is 2.73. The minimum absolute atomic E-state index is 0.603. The highest BCUT2D eigenvalue weighted by Gasteiger charge is 1.98. The third-order valence-electron chi connectivity index (χ3n) is 1.62. The zero-order valence-electron chi connectivity index (χ0n) is 7.83. The molecule has 70 valence electrons. The summed E-state index contributed by atoms with van der Waals surface area (Å²) >= 11 is 5.09. The molecule has 0 aromatic heterocycles. The van der Waals surface area contributed by atoms with Gasteiger partial charge in [-0.2, -0.15) is 0 Å². The van der Waals surface area contributed by atoms with Crippen LogP contribution in [-0.2, 0) is 4.84 Å². The van der Waals surface area contributed by atoms with Crippen molar-refractivity contribution in [3.8, 4) is 0 Å². The van der Waals surface area contributed by atoms with E-state index in [1.807, 2.05) is 38.1 Å². The minimum atomic E-state index is 0.603. The summed E-state index contributed by atoms with van der Waals surface area (Å²) in [5.41, 5.74) is 4.91. The van der Waals surface area contributed by atoms with E-state index in [2.05, 4.69) is 5.48 Å². The Labute approximate surface area is 83.9 Å². The van der Waals surface area contributed by atoms with E-state index in [-0.39, 0.29) is 0 Å². The summed E-state index contributed by atoms with van der Waals surface area (Å²) in [7, 11) is 0. The second kappa shape index (κ2) is 4.94. The van der Waals surface area contributed by atoms with Crippen LogP contribution in [0.25, 0.3) is 0 Å². The van der Waals surface area contributed by atoms with Crippen LogP contribution in [0.3, 0.4) is 0 Å². The van der Waals surface area contributed by atoms with Gasteiger partial charge in [-0.05, 0) is 13.8 Å². The van der Waals surface area contributed by atoms with Crippen molar-refractivity contribution in [2.24, 2.45) is 0 Å². The number of hydrogen-bond donors (Lipinski definition) is 1. The third-order valence-corrected chi connectivity index (χ3v) is 1.94. The van der Waals surface area contributed by atoms with Crippen molar-refractivity contribution in [3.63, 3.8) is 0 Å². The molecule has 0 amide bonds. The zero-order valence-corrected chi connectivity index (χ0v) is 8.65. The van der Waals surface area contributed by atoms with E-state index < -0.39 is 0 Å². The summed E-state index contributed by atoms with van der Waals surface area (Å²) in [5.74, 6) is 0. The Morgan fingerprint density at radius 2 is 2.00 bits per heavy atom. The third kappa shape index (κ3) is 3.13. The Morgan fingerprint density at radius 3 is 2.54 bits per heavy atom. The molecule has 0 radical (unpaired) electrons. The summed E-state index contributed by atoms with van der Waals surface area (Å²) in [6, 6.07) is 8.00. The summed E-state index contributed by atoms with van der Waals surface area (Å²) in [4.78, 5) is 5.62. The molecule has 1 N–H and O–H groups in total. The van der Waals surface area contributed by atoms with Crippen LogP contribution < -0.4 is 5.48 Å². The topological polar surface area (TPSA) is 21.3 Å². The number of benzene rings is 1. The number of rotatable bonds is 3. The Hall–Kier alpha value is -0.930. The first-order chi connectivity index (χ1) is 6.24. The summed E-state index contributed by atoms with van der Waals surface area (Å²) in [6.45, 7) is 4.56. The quantitative estimate of drug-likeness (QED) is 0.590. The predicted molar refractivity (Wildman–Crippen MR) is 57.6 cm³/mol. The Balaban J connectivity index is 2.61. The van der Waals surface area contributed by atoms with Crippen LogP contribution in [0, 0.1) is 6.92 Å². The first kappa shape index (κ1) is 10.2. The van der Waals surface area contributed by atoms with Crippen molar-refractivity contribution in [2.75, 3.05) is 6.61 Å². The van der Waals surface area contributed by atoms with Gasteiger partial charge in [-0.3, -0.25) is 10.3 Å². The Bertz CT molecular complexity index is 281. The minimum Gasteiger partial charge on any atom is -0.276 e. The summed E-state index contributed by atoms with van der Waals surface area (Å²) in [6.07, 6.45) is 0. The molecule has 13 heavy (non-hydrogen) atoms. The van der Waals surface area contributed by atoms with E-state index in [4.69, 9.17) is 17.1 Å². The monoisotopic (exact) mass is 195 g/mol. The molecule has 0 aliphatic heterocycles. The van der Waals surface area contributed by atoms with Gasteiger partial charge in [0.2, 0.25) is 0 Å². The molecule has 0 saturated heterocycles. The van der Waals surface area contributed by atoms with Crippen molar-refractivity contribution in [2.45, 2.75) is 13.8 Å². The molecule has 1 rings (SSSR count). The maximum atomic E-state index is 5.09. The summed E-state index contributed by atoms with van der Waals surface area (Å²) < 4.78 is 0. The highest BCUT2D eigenvalue weighted by molar-refractivity contribution is 7.80. The van der Waals surface area contributed by atoms with Gasteiger partial charge in [0.15, 0.2) is 0 Å². The van der Waals surface area contributed by atoms with Crippen LogP contribution in [0.15, 0.2) is 24.3 Å². The number of hydroxylamine groups is 1. The van der Waals surface area contributed by atoms with Crippen molar-refractivity contribution in [1.82, 2.24) is 5.48 Å². The highest BCUT2D eigenvalue weighted by Crippen LogP contribution is 2.03. The maximum absolute atomic E-state index is 5.09. The van der Waals surface area contributed by atoms with Gasteiger partial charge in [0, 0.05) is 5.56 Å². The molecular formula is C10H13NOS. The smallest absolute Gasteiger partial charge is 0.130 e. The van der Waals surface area contributed by atoms with Crippen LogP contribution in [-0.4, -0.2) is 11.6 Å².